The van der Waals surface area contributed by atoms with E-state index < -0.39 is 0 Å². The van der Waals surface area contributed by atoms with Crippen LogP contribution in [-0.4, -0.2) is 217 Å². The van der Waals surface area contributed by atoms with Gasteiger partial charge in [-0.25, -0.2) is 4.98 Å². The van der Waals surface area contributed by atoms with Gasteiger partial charge in [0, 0.05) is 190 Å². The van der Waals surface area contributed by atoms with Crippen LogP contribution in [0.15, 0.2) is 102 Å². The topological polar surface area (TPSA) is 239 Å². The molecule has 0 aliphatic carbocycles. The number of Topliss-reactive ketones (excluding diaryl/α,β-unsaturated/α-hetero) is 3. The molecule has 4 N–H and O–H groups in total. The molecule has 12 rings (SSSR count). The number of nitrogens with one attached hydrogen (secondary N) is 4. The van der Waals surface area contributed by atoms with E-state index in [9.17, 15) is 14.4 Å². The van der Waals surface area contributed by atoms with Crippen molar-refractivity contribution in [3.05, 3.63) is 131 Å². The summed E-state index contributed by atoms with van der Waals surface area (Å²) in [6, 6.07) is 25.4. The van der Waals surface area contributed by atoms with Crippen LogP contribution in [0.1, 0.15) is 87.7 Å². The maximum Gasteiger partial charge on any atom is 0.297 e. The number of benzene rings is 3. The molecule has 3 fully saturated rings. The lowest BCUT2D eigenvalue weighted by Gasteiger charge is -2.34. The van der Waals surface area contributed by atoms with Gasteiger partial charge in [0.1, 0.15) is 0 Å². The highest BCUT2D eigenvalue weighted by molar-refractivity contribution is 7.17. The summed E-state index contributed by atoms with van der Waals surface area (Å²) in [4.78, 5) is 70.6. The first kappa shape index (κ1) is 65.3. The van der Waals surface area contributed by atoms with Crippen molar-refractivity contribution in [2.24, 2.45) is 17.8 Å². The number of ketones is 3. The summed E-state index contributed by atoms with van der Waals surface area (Å²) in [7, 11) is 5.18. The number of aromatic nitrogens is 9. The van der Waals surface area contributed by atoms with Gasteiger partial charge in [-0.2, -0.15) is 4.98 Å². The zero-order chi connectivity index (χ0) is 62.8. The number of methoxy groups -OCH3 is 3. The molecule has 0 radical (unpaired) electrons. The second-order valence-electron chi connectivity index (χ2n) is 24.2. The van der Waals surface area contributed by atoms with E-state index in [1.807, 2.05) is 42.7 Å². The van der Waals surface area contributed by atoms with Crippen LogP contribution in [0.4, 0.5) is 17.1 Å². The maximum atomic E-state index is 12.8. The van der Waals surface area contributed by atoms with E-state index in [1.165, 1.54) is 44.2 Å². The second kappa shape index (κ2) is 32.4. The van der Waals surface area contributed by atoms with Crippen LogP contribution in [-0.2, 0) is 33.5 Å². The Kier molecular flexibility index (Phi) is 23.5. The van der Waals surface area contributed by atoms with Crippen LogP contribution in [0.2, 0.25) is 0 Å². The Hall–Kier alpha value is -7.64. The molecular formula is C67H89N15O7S. The number of para-hydroxylation sites is 3. The van der Waals surface area contributed by atoms with Crippen molar-refractivity contribution in [3.8, 4) is 0 Å². The summed E-state index contributed by atoms with van der Waals surface area (Å²) < 4.78 is 21.3. The minimum Gasteiger partial charge on any atom is -0.420 e. The van der Waals surface area contributed by atoms with Crippen LogP contribution < -0.4 is 14.7 Å². The van der Waals surface area contributed by atoms with Gasteiger partial charge < -0.3 is 48.3 Å². The van der Waals surface area contributed by atoms with Crippen molar-refractivity contribution in [1.82, 2.24) is 60.0 Å². The van der Waals surface area contributed by atoms with E-state index in [-0.39, 0.29) is 35.1 Å². The number of piperazine rings is 3. The number of carbonyl (C=O) groups is 3. The summed E-state index contributed by atoms with van der Waals surface area (Å²) in [5, 5.41) is 20.7. The number of nitrogens with zero attached hydrogens (tertiary/aromatic N) is 11. The highest BCUT2D eigenvalue weighted by Gasteiger charge is 2.27. The molecule has 0 spiro atoms. The second-order valence-corrected chi connectivity index (χ2v) is 25.2. The van der Waals surface area contributed by atoms with E-state index in [1.54, 1.807) is 27.5 Å². The van der Waals surface area contributed by atoms with Crippen molar-refractivity contribution < 1.29 is 33.0 Å². The Labute approximate surface area is 531 Å². The summed E-state index contributed by atoms with van der Waals surface area (Å²) in [5.74, 6) is 2.13. The zero-order valence-electron chi connectivity index (χ0n) is 53.1. The monoisotopic (exact) mass is 1250 g/mol. The van der Waals surface area contributed by atoms with Crippen LogP contribution in [0, 0.1) is 17.8 Å². The van der Waals surface area contributed by atoms with Gasteiger partial charge in [-0.3, -0.25) is 34.2 Å². The fraction of sp³-hybridized carbons (Fsp3) is 0.493. The van der Waals surface area contributed by atoms with Crippen molar-refractivity contribution in [2.75, 3.05) is 154 Å². The lowest BCUT2D eigenvalue weighted by molar-refractivity contribution is 0.0933. The summed E-state index contributed by atoms with van der Waals surface area (Å²) in [6.07, 6.45) is 11.7. The normalized spacial score (nSPS) is 16.3. The van der Waals surface area contributed by atoms with Gasteiger partial charge >= 0.3 is 0 Å². The number of oxazole rings is 1. The predicted molar refractivity (Wildman–Crippen MR) is 355 cm³/mol. The molecule has 480 valence electrons. The summed E-state index contributed by atoms with van der Waals surface area (Å²) in [6.45, 7) is 22.4. The molecule has 90 heavy (non-hydrogen) atoms. The number of H-pyrrole nitrogens is 4. The molecule has 3 aliphatic rings. The van der Waals surface area contributed by atoms with Gasteiger partial charge in [-0.05, 0) is 71.9 Å². The SMILES string of the molecule is COCCN1CCN(c2n[nH]c(C(=O)CC(C)Cc3c[nH]c4ccccc34)n2)CC1.COCCN1CCN(c2ncc(C(=O)CC(C)Cc3c[nH]c4ccccc34)o2)CC1.COCCN1CCN(c2nnc(C(=O)CC(C)Cc3c[nH]c4ccccc34)s2)CC1. The quantitative estimate of drug-likeness (QED) is 0.0351. The first-order chi connectivity index (χ1) is 43.9. The van der Waals surface area contributed by atoms with Gasteiger partial charge in [-0.1, -0.05) is 86.7 Å². The van der Waals surface area contributed by atoms with Crippen molar-refractivity contribution in [2.45, 2.75) is 59.3 Å². The Morgan fingerprint density at radius 1 is 0.533 bits per heavy atom. The number of hydrogen-bond donors (Lipinski definition) is 4. The fourth-order valence-corrected chi connectivity index (χ4v) is 13.0. The standard InChI is InChI=1S/C23H30N4O3.C22H30N6O2.C22H29N5O2S/c1-17(13-18-15-24-20-6-4-3-5-19(18)20)14-21(28)22-16-25-23(30-22)27-9-7-26(8-10-27)11-12-29-2;1-16(13-17-15-23-19-6-4-3-5-18(17)19)14-20(29)21-24-22(26-25-21)28-9-7-27(8-10-28)11-12-30-2;1-16(13-17-15-23-19-6-4-3-5-18(17)19)14-20(28)21-24-25-22(30-21)27-9-7-26(8-10-27)11-12-29-2/h3-6,15-17,24H,7-14H2,1-2H3;3-6,15-16,23H,7-14H2,1-2H3,(H,24,25,26);3-6,15-16,23H,7-14H2,1-2H3. The van der Waals surface area contributed by atoms with E-state index >= 15 is 0 Å². The summed E-state index contributed by atoms with van der Waals surface area (Å²) >= 11 is 1.42. The average molecular weight is 1250 g/mol. The van der Waals surface area contributed by atoms with E-state index in [0.29, 0.717) is 47.8 Å². The number of fused-ring (bicyclic) bond motifs is 3. The molecule has 0 bridgehead atoms. The lowest BCUT2D eigenvalue weighted by atomic mass is 9.95. The number of anilines is 3. The van der Waals surface area contributed by atoms with Crippen molar-refractivity contribution >= 4 is 78.5 Å². The Bertz CT molecular complexity index is 3300. The molecule has 3 aliphatic heterocycles. The van der Waals surface area contributed by atoms with E-state index in [0.717, 1.165) is 159 Å². The first-order valence-corrected chi connectivity index (χ1v) is 32.6. The smallest absolute Gasteiger partial charge is 0.297 e. The lowest BCUT2D eigenvalue weighted by Crippen LogP contribution is -2.47. The molecule has 9 aromatic rings. The van der Waals surface area contributed by atoms with Crippen LogP contribution >= 0.6 is 11.3 Å². The van der Waals surface area contributed by atoms with Gasteiger partial charge in [0.25, 0.3) is 6.01 Å². The zero-order valence-corrected chi connectivity index (χ0v) is 53.9. The molecule has 0 amide bonds. The van der Waals surface area contributed by atoms with Crippen molar-refractivity contribution in [1.29, 1.82) is 0 Å². The Morgan fingerprint density at radius 2 is 0.956 bits per heavy atom. The largest absolute Gasteiger partial charge is 0.420 e. The molecule has 6 aromatic heterocycles. The van der Waals surface area contributed by atoms with Gasteiger partial charge in [0.2, 0.25) is 11.1 Å². The third-order valence-electron chi connectivity index (χ3n) is 17.3. The molecule has 23 heteroatoms. The highest BCUT2D eigenvalue weighted by Crippen LogP contribution is 2.29. The molecule has 0 saturated carbocycles. The minimum absolute atomic E-state index is 0.0137. The number of hydrogen-bond acceptors (Lipinski definition) is 19. The molecule has 3 unspecified atom stereocenters. The van der Waals surface area contributed by atoms with Crippen LogP contribution in [0.3, 0.4) is 0 Å². The fourth-order valence-electron chi connectivity index (χ4n) is 12.2. The minimum atomic E-state index is 0.0137. The van der Waals surface area contributed by atoms with Gasteiger partial charge in [0.15, 0.2) is 33.9 Å². The number of aromatic amines is 4. The third-order valence-corrected chi connectivity index (χ3v) is 18.3. The maximum absolute atomic E-state index is 12.8. The molecule has 22 nitrogen and oxygen atoms in total. The summed E-state index contributed by atoms with van der Waals surface area (Å²) in [5.41, 5.74) is 7.16. The van der Waals surface area contributed by atoms with E-state index in [4.69, 9.17) is 18.6 Å². The molecular weight excluding hydrogens is 1160 g/mol. The average Bonchev–Trinajstić information content (AvgIpc) is 2.40. The highest BCUT2D eigenvalue weighted by atomic mass is 32.1. The third kappa shape index (κ3) is 17.6. The number of carbonyl (C=O) groups excluding carboxylic acids is 3. The predicted octanol–water partition coefficient (Wildman–Crippen LogP) is 9.12. The number of ether oxygens (including phenoxy) is 3. The molecule has 9 heterocycles. The van der Waals surface area contributed by atoms with Gasteiger partial charge in [-0.15, -0.1) is 15.3 Å². The molecule has 3 atom stereocenters. The Morgan fingerprint density at radius 3 is 1.42 bits per heavy atom. The first-order valence-electron chi connectivity index (χ1n) is 31.8. The van der Waals surface area contributed by atoms with E-state index in [2.05, 4.69) is 144 Å². The van der Waals surface area contributed by atoms with Gasteiger partial charge in [0.05, 0.1) is 26.0 Å². The van der Waals surface area contributed by atoms with Crippen LogP contribution in [0.25, 0.3) is 32.7 Å². The molecule has 3 saturated heterocycles. The van der Waals surface area contributed by atoms with Crippen LogP contribution in [0.5, 0.6) is 0 Å². The molecule has 3 aromatic carbocycles. The Balaban J connectivity index is 0.000000148. The van der Waals surface area contributed by atoms with Crippen molar-refractivity contribution in [3.63, 3.8) is 0 Å². The number of rotatable bonds is 27.